The molecule has 0 atom stereocenters. The van der Waals surface area contributed by atoms with Crippen molar-refractivity contribution < 1.29 is 13.2 Å². The highest BCUT2D eigenvalue weighted by atomic mass is 32.2. The maximum Gasteiger partial charge on any atom is 0.277 e. The molecule has 0 aromatic carbocycles. The van der Waals surface area contributed by atoms with Crippen molar-refractivity contribution in [1.82, 2.24) is 9.44 Å². The van der Waals surface area contributed by atoms with Crippen LogP contribution in [-0.2, 0) is 15.0 Å². The first kappa shape index (κ1) is 12.5. The lowest BCUT2D eigenvalue weighted by Gasteiger charge is -2.08. The lowest BCUT2D eigenvalue weighted by Crippen LogP contribution is -2.40. The smallest absolute Gasteiger partial charge is 0.277 e. The molecule has 0 aromatic rings. The number of carbonyl (C=O) groups is 1. The summed E-state index contributed by atoms with van der Waals surface area (Å²) in [5.74, 6) is 0.0313. The Morgan fingerprint density at radius 1 is 1.31 bits per heavy atom. The van der Waals surface area contributed by atoms with Crippen LogP contribution < -0.4 is 9.44 Å². The molecule has 0 aromatic heterocycles. The van der Waals surface area contributed by atoms with Crippen molar-refractivity contribution in [2.45, 2.75) is 20.8 Å². The zero-order chi connectivity index (χ0) is 10.5. The maximum absolute atomic E-state index is 11.1. The first-order chi connectivity index (χ1) is 5.83. The molecule has 0 heterocycles. The SMILES string of the molecule is CC(=O)CNS(=O)(=O)NCC(C)C. The summed E-state index contributed by atoms with van der Waals surface area (Å²) in [6, 6.07) is 0. The fourth-order valence-corrected chi connectivity index (χ4v) is 1.57. The van der Waals surface area contributed by atoms with Crippen molar-refractivity contribution in [1.29, 1.82) is 0 Å². The van der Waals surface area contributed by atoms with Crippen molar-refractivity contribution in [2.75, 3.05) is 13.1 Å². The van der Waals surface area contributed by atoms with E-state index in [9.17, 15) is 13.2 Å². The van der Waals surface area contributed by atoms with E-state index in [0.29, 0.717) is 6.54 Å². The molecule has 0 aliphatic carbocycles. The molecule has 0 saturated heterocycles. The Balaban J connectivity index is 3.88. The van der Waals surface area contributed by atoms with Crippen LogP contribution in [-0.4, -0.2) is 27.3 Å². The first-order valence-corrected chi connectivity index (χ1v) is 5.55. The standard InChI is InChI=1S/C7H16N2O3S/c1-6(2)4-8-13(11,12)9-5-7(3)10/h6,8-9H,4-5H2,1-3H3. The average Bonchev–Trinajstić information content (AvgIpc) is 1.98. The van der Waals surface area contributed by atoms with Gasteiger partial charge in [0.2, 0.25) is 0 Å². The molecule has 78 valence electrons. The largest absolute Gasteiger partial charge is 0.299 e. The highest BCUT2D eigenvalue weighted by Crippen LogP contribution is 1.88. The molecule has 13 heavy (non-hydrogen) atoms. The van der Waals surface area contributed by atoms with Crippen LogP contribution in [0.1, 0.15) is 20.8 Å². The number of nitrogens with one attached hydrogen (secondary N) is 2. The van der Waals surface area contributed by atoms with Crippen LogP contribution in [0.15, 0.2) is 0 Å². The topological polar surface area (TPSA) is 75.3 Å². The van der Waals surface area contributed by atoms with E-state index in [4.69, 9.17) is 0 Å². The Bertz CT molecular complexity index is 259. The van der Waals surface area contributed by atoms with Gasteiger partial charge in [0.05, 0.1) is 6.54 Å². The predicted octanol–water partition coefficient (Wildman–Crippen LogP) is -0.345. The van der Waals surface area contributed by atoms with E-state index in [0.717, 1.165) is 0 Å². The molecule has 0 fully saturated rings. The molecular weight excluding hydrogens is 192 g/mol. The third kappa shape index (κ3) is 7.89. The molecule has 0 rings (SSSR count). The molecule has 6 heteroatoms. The van der Waals surface area contributed by atoms with Crippen molar-refractivity contribution in [3.8, 4) is 0 Å². The Morgan fingerprint density at radius 2 is 1.85 bits per heavy atom. The monoisotopic (exact) mass is 208 g/mol. The van der Waals surface area contributed by atoms with Gasteiger partial charge < -0.3 is 0 Å². The Kier molecular flexibility index (Phi) is 5.12. The lowest BCUT2D eigenvalue weighted by atomic mass is 10.2. The Morgan fingerprint density at radius 3 is 2.23 bits per heavy atom. The quantitative estimate of drug-likeness (QED) is 0.627. The van der Waals surface area contributed by atoms with Gasteiger partial charge in [-0.1, -0.05) is 13.8 Å². The number of carbonyl (C=O) groups excluding carboxylic acids is 1. The third-order valence-corrected chi connectivity index (χ3v) is 2.26. The highest BCUT2D eigenvalue weighted by Gasteiger charge is 2.09. The van der Waals surface area contributed by atoms with E-state index in [1.165, 1.54) is 6.92 Å². The number of hydrogen-bond donors (Lipinski definition) is 2. The number of Topliss-reactive ketones (excluding diaryl/α,β-unsaturated/α-hetero) is 1. The molecule has 0 spiro atoms. The van der Waals surface area contributed by atoms with E-state index < -0.39 is 10.2 Å². The molecule has 0 unspecified atom stereocenters. The van der Waals surface area contributed by atoms with Crippen LogP contribution in [0.4, 0.5) is 0 Å². The fourth-order valence-electron chi connectivity index (χ4n) is 0.524. The first-order valence-electron chi connectivity index (χ1n) is 4.07. The zero-order valence-electron chi connectivity index (χ0n) is 8.12. The molecule has 5 nitrogen and oxygen atoms in total. The molecule has 0 radical (unpaired) electrons. The Hall–Kier alpha value is -0.460. The van der Waals surface area contributed by atoms with Crippen molar-refractivity contribution >= 4 is 16.0 Å². The second kappa shape index (κ2) is 5.31. The molecule has 0 saturated carbocycles. The van der Waals surface area contributed by atoms with Gasteiger partial charge in [-0.2, -0.15) is 13.1 Å². The molecular formula is C7H16N2O3S. The zero-order valence-corrected chi connectivity index (χ0v) is 8.94. The lowest BCUT2D eigenvalue weighted by molar-refractivity contribution is -0.115. The van der Waals surface area contributed by atoms with Crippen LogP contribution in [0, 0.1) is 5.92 Å². The number of ketones is 1. The van der Waals surface area contributed by atoms with Crippen LogP contribution >= 0.6 is 0 Å². The second-order valence-corrected chi connectivity index (χ2v) is 4.85. The molecule has 0 aliphatic heterocycles. The summed E-state index contributed by atoms with van der Waals surface area (Å²) in [7, 11) is -3.49. The molecule has 0 amide bonds. The van der Waals surface area contributed by atoms with Gasteiger partial charge in [-0.3, -0.25) is 4.79 Å². The van der Waals surface area contributed by atoms with Gasteiger partial charge in [-0.15, -0.1) is 0 Å². The minimum Gasteiger partial charge on any atom is -0.299 e. The number of hydrogen-bond acceptors (Lipinski definition) is 3. The van der Waals surface area contributed by atoms with E-state index in [-0.39, 0.29) is 18.2 Å². The number of rotatable bonds is 6. The van der Waals surface area contributed by atoms with Crippen LogP contribution in [0.25, 0.3) is 0 Å². The summed E-state index contributed by atoms with van der Waals surface area (Å²) in [5, 5.41) is 0. The Labute approximate surface area is 79.1 Å². The van der Waals surface area contributed by atoms with Crippen LogP contribution in [0.5, 0.6) is 0 Å². The summed E-state index contributed by atoms with van der Waals surface area (Å²) >= 11 is 0. The summed E-state index contributed by atoms with van der Waals surface area (Å²) < 4.78 is 26.6. The predicted molar refractivity (Wildman–Crippen MR) is 50.4 cm³/mol. The molecule has 0 bridgehead atoms. The minimum atomic E-state index is -3.49. The summed E-state index contributed by atoms with van der Waals surface area (Å²) in [6.45, 7) is 5.33. The van der Waals surface area contributed by atoms with E-state index in [2.05, 4.69) is 9.44 Å². The minimum absolute atomic E-state index is 0.159. The summed E-state index contributed by atoms with van der Waals surface area (Å²) in [5.41, 5.74) is 0. The van der Waals surface area contributed by atoms with Crippen molar-refractivity contribution in [3.05, 3.63) is 0 Å². The van der Waals surface area contributed by atoms with E-state index in [1.807, 2.05) is 13.8 Å². The normalized spacial score (nSPS) is 12.0. The molecule has 2 N–H and O–H groups in total. The third-order valence-electron chi connectivity index (χ3n) is 1.19. The summed E-state index contributed by atoms with van der Waals surface area (Å²) in [6.07, 6.45) is 0. The van der Waals surface area contributed by atoms with Crippen LogP contribution in [0.3, 0.4) is 0 Å². The van der Waals surface area contributed by atoms with E-state index >= 15 is 0 Å². The van der Waals surface area contributed by atoms with Gasteiger partial charge in [-0.25, -0.2) is 4.72 Å². The van der Waals surface area contributed by atoms with Gasteiger partial charge in [0.1, 0.15) is 5.78 Å². The van der Waals surface area contributed by atoms with Gasteiger partial charge >= 0.3 is 0 Å². The fraction of sp³-hybridized carbons (Fsp3) is 0.857. The van der Waals surface area contributed by atoms with Crippen molar-refractivity contribution in [3.63, 3.8) is 0 Å². The van der Waals surface area contributed by atoms with Gasteiger partial charge in [0.25, 0.3) is 10.2 Å². The van der Waals surface area contributed by atoms with Gasteiger partial charge in [0.15, 0.2) is 0 Å². The van der Waals surface area contributed by atoms with Gasteiger partial charge in [-0.05, 0) is 12.8 Å². The van der Waals surface area contributed by atoms with E-state index in [1.54, 1.807) is 0 Å². The second-order valence-electron chi connectivity index (χ2n) is 3.27. The molecule has 0 aliphatic rings. The van der Waals surface area contributed by atoms with Crippen molar-refractivity contribution in [2.24, 2.45) is 5.92 Å². The van der Waals surface area contributed by atoms with Crippen LogP contribution in [0.2, 0.25) is 0 Å². The highest BCUT2D eigenvalue weighted by molar-refractivity contribution is 7.87. The maximum atomic E-state index is 11.1. The van der Waals surface area contributed by atoms with Gasteiger partial charge in [0, 0.05) is 6.54 Å². The average molecular weight is 208 g/mol. The summed E-state index contributed by atoms with van der Waals surface area (Å²) in [4.78, 5) is 10.5.